The second kappa shape index (κ2) is 6.76. The second-order valence-electron chi connectivity index (χ2n) is 3.57. The van der Waals surface area contributed by atoms with Gasteiger partial charge < -0.3 is 10.6 Å². The molecule has 1 aliphatic heterocycles. The van der Waals surface area contributed by atoms with Crippen molar-refractivity contribution in [2.45, 2.75) is 26.3 Å². The van der Waals surface area contributed by atoms with E-state index in [4.69, 9.17) is 4.84 Å². The Bertz CT molecular complexity index is 193. The molecular weight excluding hydrogens is 194 g/mol. The summed E-state index contributed by atoms with van der Waals surface area (Å²) in [6, 6.07) is 0.237. The van der Waals surface area contributed by atoms with Gasteiger partial charge in [0.15, 0.2) is 0 Å². The van der Waals surface area contributed by atoms with Crippen molar-refractivity contribution in [1.29, 1.82) is 0 Å². The maximum absolute atomic E-state index is 11.8. The number of carbonyl (C=O) groups is 1. The molecule has 0 aromatic rings. The summed E-state index contributed by atoms with van der Waals surface area (Å²) >= 11 is 0. The van der Waals surface area contributed by atoms with Crippen LogP contribution in [-0.2, 0) is 9.63 Å². The summed E-state index contributed by atoms with van der Waals surface area (Å²) in [7, 11) is 0. The number of rotatable bonds is 5. The van der Waals surface area contributed by atoms with E-state index in [2.05, 4.69) is 10.6 Å². The van der Waals surface area contributed by atoms with E-state index in [0.29, 0.717) is 19.6 Å². The Hall–Kier alpha value is -0.650. The third-order valence-electron chi connectivity index (χ3n) is 2.40. The van der Waals surface area contributed by atoms with Gasteiger partial charge in [-0.2, -0.15) is 0 Å². The summed E-state index contributed by atoms with van der Waals surface area (Å²) in [4.78, 5) is 17.0. The lowest BCUT2D eigenvalue weighted by Crippen LogP contribution is -2.50. The highest BCUT2D eigenvalue weighted by molar-refractivity contribution is 5.75. The maximum atomic E-state index is 11.8. The van der Waals surface area contributed by atoms with E-state index in [1.165, 1.54) is 5.06 Å². The summed E-state index contributed by atoms with van der Waals surface area (Å²) < 4.78 is 0. The molecule has 5 nitrogen and oxygen atoms in total. The Balaban J connectivity index is 2.31. The first-order chi connectivity index (χ1) is 7.27. The molecule has 1 unspecified atom stereocenters. The largest absolute Gasteiger partial charge is 0.314 e. The van der Waals surface area contributed by atoms with Gasteiger partial charge in [0.25, 0.3) is 0 Å². The lowest BCUT2D eigenvalue weighted by molar-refractivity contribution is -0.184. The van der Waals surface area contributed by atoms with Crippen LogP contribution >= 0.6 is 0 Å². The van der Waals surface area contributed by atoms with Crippen molar-refractivity contribution in [3.8, 4) is 0 Å². The van der Waals surface area contributed by atoms with E-state index < -0.39 is 0 Å². The first kappa shape index (κ1) is 12.4. The molecule has 15 heavy (non-hydrogen) atoms. The number of piperazine rings is 1. The number of hydroxylamine groups is 2. The van der Waals surface area contributed by atoms with Crippen molar-refractivity contribution in [3.63, 3.8) is 0 Å². The average molecular weight is 215 g/mol. The van der Waals surface area contributed by atoms with Gasteiger partial charge in [-0.15, -0.1) is 0 Å². The van der Waals surface area contributed by atoms with Crippen LogP contribution in [0, 0.1) is 0 Å². The van der Waals surface area contributed by atoms with Gasteiger partial charge in [0.05, 0.1) is 6.61 Å². The Morgan fingerprint density at radius 1 is 1.47 bits per heavy atom. The molecule has 0 aliphatic carbocycles. The van der Waals surface area contributed by atoms with Crippen LogP contribution in [0.25, 0.3) is 0 Å². The fourth-order valence-electron chi connectivity index (χ4n) is 1.67. The van der Waals surface area contributed by atoms with E-state index in [-0.39, 0.29) is 11.9 Å². The lowest BCUT2D eigenvalue weighted by Gasteiger charge is -2.26. The highest BCUT2D eigenvalue weighted by Gasteiger charge is 2.19. The van der Waals surface area contributed by atoms with Crippen LogP contribution in [0.4, 0.5) is 0 Å². The fourth-order valence-corrected chi connectivity index (χ4v) is 1.67. The van der Waals surface area contributed by atoms with Gasteiger partial charge in [-0.3, -0.25) is 9.63 Å². The number of hydrogen-bond donors (Lipinski definition) is 2. The van der Waals surface area contributed by atoms with Gasteiger partial charge in [0.2, 0.25) is 5.91 Å². The summed E-state index contributed by atoms with van der Waals surface area (Å²) in [5.74, 6) is 0.0561. The average Bonchev–Trinajstić information content (AvgIpc) is 2.27. The molecule has 1 heterocycles. The van der Waals surface area contributed by atoms with Gasteiger partial charge in [-0.05, 0) is 13.8 Å². The smallest absolute Gasteiger partial charge is 0.247 e. The Labute approximate surface area is 91.1 Å². The van der Waals surface area contributed by atoms with Crippen molar-refractivity contribution in [2.75, 3.05) is 32.8 Å². The topological polar surface area (TPSA) is 53.6 Å². The Morgan fingerprint density at radius 3 is 2.80 bits per heavy atom. The van der Waals surface area contributed by atoms with Crippen molar-refractivity contribution in [3.05, 3.63) is 0 Å². The molecule has 1 saturated heterocycles. The standard InChI is InChI=1S/C10H21N3O2/c1-3-13(15-4-2)10(14)7-9-8-11-5-6-12-9/h9,11-12H,3-8H2,1-2H3. The normalized spacial score (nSPS) is 21.3. The molecule has 1 fully saturated rings. The molecule has 88 valence electrons. The van der Waals surface area contributed by atoms with Crippen molar-refractivity contribution < 1.29 is 9.63 Å². The first-order valence-corrected chi connectivity index (χ1v) is 5.65. The highest BCUT2D eigenvalue weighted by Crippen LogP contribution is 2.01. The number of nitrogens with one attached hydrogen (secondary N) is 2. The number of nitrogens with zero attached hydrogens (tertiary/aromatic N) is 1. The van der Waals surface area contributed by atoms with E-state index >= 15 is 0 Å². The molecule has 0 aromatic carbocycles. The zero-order valence-corrected chi connectivity index (χ0v) is 9.58. The molecular formula is C10H21N3O2. The van der Waals surface area contributed by atoms with E-state index in [0.717, 1.165) is 19.6 Å². The molecule has 1 amide bonds. The van der Waals surface area contributed by atoms with Gasteiger partial charge in [-0.1, -0.05) is 0 Å². The highest BCUT2D eigenvalue weighted by atomic mass is 16.7. The third kappa shape index (κ3) is 4.15. The molecule has 1 rings (SSSR count). The maximum Gasteiger partial charge on any atom is 0.247 e. The molecule has 5 heteroatoms. The summed E-state index contributed by atoms with van der Waals surface area (Å²) in [5, 5.41) is 8.00. The fraction of sp³-hybridized carbons (Fsp3) is 0.900. The lowest BCUT2D eigenvalue weighted by atomic mass is 10.1. The summed E-state index contributed by atoms with van der Waals surface area (Å²) in [5.41, 5.74) is 0. The van der Waals surface area contributed by atoms with Crippen LogP contribution < -0.4 is 10.6 Å². The molecule has 1 aliphatic rings. The Morgan fingerprint density at radius 2 is 2.27 bits per heavy atom. The predicted octanol–water partition coefficient (Wildman–Crippen LogP) is -0.262. The molecule has 0 bridgehead atoms. The summed E-state index contributed by atoms with van der Waals surface area (Å²) in [6.45, 7) is 7.71. The minimum absolute atomic E-state index is 0.0561. The molecule has 0 saturated carbocycles. The third-order valence-corrected chi connectivity index (χ3v) is 2.40. The van der Waals surface area contributed by atoms with Crippen molar-refractivity contribution in [2.24, 2.45) is 0 Å². The van der Waals surface area contributed by atoms with Crippen LogP contribution in [0.15, 0.2) is 0 Å². The molecule has 0 radical (unpaired) electrons. The van der Waals surface area contributed by atoms with Crippen LogP contribution in [0.3, 0.4) is 0 Å². The van der Waals surface area contributed by atoms with Crippen LogP contribution in [0.2, 0.25) is 0 Å². The SMILES string of the molecule is CCON(CC)C(=O)CC1CNCCN1. The minimum atomic E-state index is 0.0561. The van der Waals surface area contributed by atoms with Crippen LogP contribution in [-0.4, -0.2) is 49.8 Å². The first-order valence-electron chi connectivity index (χ1n) is 5.65. The second-order valence-corrected chi connectivity index (χ2v) is 3.57. The van der Waals surface area contributed by atoms with Crippen LogP contribution in [0.5, 0.6) is 0 Å². The molecule has 2 N–H and O–H groups in total. The molecule has 0 spiro atoms. The van der Waals surface area contributed by atoms with Gasteiger partial charge >= 0.3 is 0 Å². The van der Waals surface area contributed by atoms with Gasteiger partial charge in [-0.25, -0.2) is 5.06 Å². The monoisotopic (exact) mass is 215 g/mol. The number of hydrogen-bond acceptors (Lipinski definition) is 4. The molecule has 0 aromatic heterocycles. The van der Waals surface area contributed by atoms with Crippen molar-refractivity contribution in [1.82, 2.24) is 15.7 Å². The van der Waals surface area contributed by atoms with Crippen molar-refractivity contribution >= 4 is 5.91 Å². The quantitative estimate of drug-likeness (QED) is 0.620. The van der Waals surface area contributed by atoms with Gasteiger partial charge in [0.1, 0.15) is 0 Å². The molecule has 1 atom stereocenters. The zero-order chi connectivity index (χ0) is 11.1. The van der Waals surface area contributed by atoms with E-state index in [9.17, 15) is 4.79 Å². The summed E-state index contributed by atoms with van der Waals surface area (Å²) in [6.07, 6.45) is 0.501. The number of carbonyl (C=O) groups excluding carboxylic acids is 1. The van der Waals surface area contributed by atoms with Crippen LogP contribution in [0.1, 0.15) is 20.3 Å². The van der Waals surface area contributed by atoms with E-state index in [1.54, 1.807) is 0 Å². The zero-order valence-electron chi connectivity index (χ0n) is 9.58. The van der Waals surface area contributed by atoms with Gasteiger partial charge in [0, 0.05) is 38.6 Å². The predicted molar refractivity (Wildman–Crippen MR) is 58.3 cm³/mol. The Kier molecular flexibility index (Phi) is 5.60. The van der Waals surface area contributed by atoms with E-state index in [1.807, 2.05) is 13.8 Å². The minimum Gasteiger partial charge on any atom is -0.314 e. The number of amides is 1.